The molecule has 2 amide bonds. The van der Waals surface area contributed by atoms with Crippen LogP contribution < -0.4 is 5.32 Å². The molecule has 0 saturated carbocycles. The zero-order chi connectivity index (χ0) is 17.4. The van der Waals surface area contributed by atoms with Gasteiger partial charge in [-0.2, -0.15) is 0 Å². The van der Waals surface area contributed by atoms with Crippen LogP contribution in [0.25, 0.3) is 6.08 Å². The van der Waals surface area contributed by atoms with Crippen LogP contribution in [-0.2, 0) is 9.53 Å². The summed E-state index contributed by atoms with van der Waals surface area (Å²) in [7, 11) is 0. The van der Waals surface area contributed by atoms with Crippen molar-refractivity contribution in [2.75, 3.05) is 25.0 Å². The monoisotopic (exact) mass is 330 g/mol. The SMILES string of the molecule is CCOC(=O)C=Cc1ccc(NC(=O)N2CCCC(CC)C2)cc1. The van der Waals surface area contributed by atoms with Crippen LogP contribution >= 0.6 is 0 Å². The standard InChI is InChI=1S/C19H26N2O3/c1-3-15-6-5-13-21(14-15)19(23)20-17-10-7-16(8-11-17)9-12-18(22)24-4-2/h7-12,15H,3-6,13-14H2,1-2H3,(H,20,23). The summed E-state index contributed by atoms with van der Waals surface area (Å²) in [5.74, 6) is 0.255. The number of carbonyl (C=O) groups is 2. The third-order valence-corrected chi connectivity index (χ3v) is 4.24. The molecule has 1 aliphatic rings. The molecule has 1 fully saturated rings. The van der Waals surface area contributed by atoms with E-state index in [1.54, 1.807) is 13.0 Å². The Morgan fingerprint density at radius 1 is 1.29 bits per heavy atom. The van der Waals surface area contributed by atoms with Crippen LogP contribution in [-0.4, -0.2) is 36.6 Å². The van der Waals surface area contributed by atoms with Gasteiger partial charge in [0.15, 0.2) is 0 Å². The first-order valence-corrected chi connectivity index (χ1v) is 8.63. The normalized spacial score (nSPS) is 17.8. The molecule has 0 spiro atoms. The molecule has 1 N–H and O–H groups in total. The van der Waals surface area contributed by atoms with Gasteiger partial charge in [-0.15, -0.1) is 0 Å². The number of benzene rings is 1. The number of ether oxygens (including phenoxy) is 1. The Kier molecular flexibility index (Phi) is 6.85. The number of esters is 1. The number of carbonyl (C=O) groups excluding carboxylic acids is 2. The van der Waals surface area contributed by atoms with Crippen LogP contribution in [0.4, 0.5) is 10.5 Å². The highest BCUT2D eigenvalue weighted by atomic mass is 16.5. The minimum Gasteiger partial charge on any atom is -0.463 e. The van der Waals surface area contributed by atoms with Crippen molar-refractivity contribution in [2.24, 2.45) is 5.92 Å². The number of anilines is 1. The average molecular weight is 330 g/mol. The van der Waals surface area contributed by atoms with Gasteiger partial charge in [0.2, 0.25) is 0 Å². The van der Waals surface area contributed by atoms with E-state index < -0.39 is 0 Å². The van der Waals surface area contributed by atoms with Crippen LogP contribution in [0.15, 0.2) is 30.3 Å². The van der Waals surface area contributed by atoms with E-state index in [2.05, 4.69) is 12.2 Å². The average Bonchev–Trinajstić information content (AvgIpc) is 2.61. The van der Waals surface area contributed by atoms with Crippen LogP contribution in [0.5, 0.6) is 0 Å². The first kappa shape index (κ1) is 18.0. The van der Waals surface area contributed by atoms with Crippen molar-refractivity contribution >= 4 is 23.8 Å². The Morgan fingerprint density at radius 2 is 2.04 bits per heavy atom. The largest absolute Gasteiger partial charge is 0.463 e. The van der Waals surface area contributed by atoms with Gasteiger partial charge >= 0.3 is 12.0 Å². The van der Waals surface area contributed by atoms with Gasteiger partial charge in [0, 0.05) is 24.9 Å². The predicted octanol–water partition coefficient (Wildman–Crippen LogP) is 3.92. The lowest BCUT2D eigenvalue weighted by molar-refractivity contribution is -0.137. The summed E-state index contributed by atoms with van der Waals surface area (Å²) in [6, 6.07) is 7.35. The summed E-state index contributed by atoms with van der Waals surface area (Å²) in [6.07, 6.45) is 6.49. The Balaban J connectivity index is 1.89. The van der Waals surface area contributed by atoms with Crippen molar-refractivity contribution in [2.45, 2.75) is 33.1 Å². The third-order valence-electron chi connectivity index (χ3n) is 4.24. The molecular formula is C19H26N2O3. The molecule has 2 rings (SSSR count). The van der Waals surface area contributed by atoms with Gasteiger partial charge in [0.1, 0.15) is 0 Å². The first-order valence-electron chi connectivity index (χ1n) is 8.63. The van der Waals surface area contributed by atoms with E-state index in [0.717, 1.165) is 37.2 Å². The Bertz CT molecular complexity index is 581. The number of likely N-dealkylation sites (tertiary alicyclic amines) is 1. The first-order chi connectivity index (χ1) is 11.6. The molecule has 1 heterocycles. The highest BCUT2D eigenvalue weighted by Crippen LogP contribution is 2.20. The lowest BCUT2D eigenvalue weighted by Gasteiger charge is -2.32. The smallest absolute Gasteiger partial charge is 0.330 e. The van der Waals surface area contributed by atoms with Crippen molar-refractivity contribution in [3.05, 3.63) is 35.9 Å². The van der Waals surface area contributed by atoms with Gasteiger partial charge in [-0.1, -0.05) is 25.5 Å². The van der Waals surface area contributed by atoms with E-state index in [4.69, 9.17) is 4.74 Å². The van der Waals surface area contributed by atoms with Crippen molar-refractivity contribution in [3.63, 3.8) is 0 Å². The van der Waals surface area contributed by atoms with Gasteiger partial charge in [-0.25, -0.2) is 9.59 Å². The summed E-state index contributed by atoms with van der Waals surface area (Å²) in [4.78, 5) is 25.5. The summed E-state index contributed by atoms with van der Waals surface area (Å²) >= 11 is 0. The number of hydrogen-bond donors (Lipinski definition) is 1. The number of piperidine rings is 1. The molecule has 0 radical (unpaired) electrons. The lowest BCUT2D eigenvalue weighted by atomic mass is 9.96. The molecule has 0 bridgehead atoms. The van der Waals surface area contributed by atoms with Crippen molar-refractivity contribution in [3.8, 4) is 0 Å². The second-order valence-electron chi connectivity index (χ2n) is 6.00. The van der Waals surface area contributed by atoms with Crippen LogP contribution in [0.2, 0.25) is 0 Å². The zero-order valence-corrected chi connectivity index (χ0v) is 14.5. The van der Waals surface area contributed by atoms with E-state index in [9.17, 15) is 9.59 Å². The molecule has 130 valence electrons. The van der Waals surface area contributed by atoms with Crippen LogP contribution in [0, 0.1) is 5.92 Å². The second kappa shape index (κ2) is 9.11. The van der Waals surface area contributed by atoms with Crippen LogP contribution in [0.3, 0.4) is 0 Å². The van der Waals surface area contributed by atoms with E-state index >= 15 is 0 Å². The molecule has 1 aromatic rings. The number of urea groups is 1. The highest BCUT2D eigenvalue weighted by molar-refractivity contribution is 5.90. The molecular weight excluding hydrogens is 304 g/mol. The number of rotatable bonds is 5. The molecule has 1 saturated heterocycles. The Hall–Kier alpha value is -2.30. The fourth-order valence-corrected chi connectivity index (χ4v) is 2.82. The van der Waals surface area contributed by atoms with Crippen LogP contribution in [0.1, 0.15) is 38.7 Å². The molecule has 1 aliphatic heterocycles. The maximum atomic E-state index is 12.3. The van der Waals surface area contributed by atoms with Crippen molar-refractivity contribution < 1.29 is 14.3 Å². The van der Waals surface area contributed by atoms with Gasteiger partial charge in [-0.3, -0.25) is 0 Å². The van der Waals surface area contributed by atoms with Crippen molar-refractivity contribution in [1.29, 1.82) is 0 Å². The zero-order valence-electron chi connectivity index (χ0n) is 14.5. The van der Waals surface area contributed by atoms with Gasteiger partial charge in [0.05, 0.1) is 6.61 Å². The summed E-state index contributed by atoms with van der Waals surface area (Å²) in [6.45, 7) is 5.97. The molecule has 24 heavy (non-hydrogen) atoms. The molecule has 5 heteroatoms. The van der Waals surface area contributed by atoms with Gasteiger partial charge < -0.3 is 15.0 Å². The van der Waals surface area contributed by atoms with E-state index in [-0.39, 0.29) is 12.0 Å². The van der Waals surface area contributed by atoms with E-state index in [0.29, 0.717) is 12.5 Å². The maximum absolute atomic E-state index is 12.3. The Labute approximate surface area is 143 Å². The molecule has 0 aliphatic carbocycles. The fraction of sp³-hybridized carbons (Fsp3) is 0.474. The summed E-state index contributed by atoms with van der Waals surface area (Å²) < 4.78 is 4.84. The summed E-state index contributed by atoms with van der Waals surface area (Å²) in [5, 5.41) is 2.94. The highest BCUT2D eigenvalue weighted by Gasteiger charge is 2.22. The predicted molar refractivity (Wildman–Crippen MR) is 95.7 cm³/mol. The minimum absolute atomic E-state index is 0.0389. The molecule has 1 unspecified atom stereocenters. The summed E-state index contributed by atoms with van der Waals surface area (Å²) in [5.41, 5.74) is 1.64. The molecule has 5 nitrogen and oxygen atoms in total. The van der Waals surface area contributed by atoms with Crippen molar-refractivity contribution in [1.82, 2.24) is 4.90 Å². The Morgan fingerprint density at radius 3 is 2.71 bits per heavy atom. The van der Waals surface area contributed by atoms with Gasteiger partial charge in [0.25, 0.3) is 0 Å². The van der Waals surface area contributed by atoms with E-state index in [1.807, 2.05) is 29.2 Å². The fourth-order valence-electron chi connectivity index (χ4n) is 2.82. The number of amides is 2. The molecule has 1 aromatic carbocycles. The third kappa shape index (κ3) is 5.41. The minimum atomic E-state index is -0.356. The quantitative estimate of drug-likeness (QED) is 0.657. The van der Waals surface area contributed by atoms with E-state index in [1.165, 1.54) is 12.5 Å². The maximum Gasteiger partial charge on any atom is 0.330 e. The topological polar surface area (TPSA) is 58.6 Å². The lowest BCUT2D eigenvalue weighted by Crippen LogP contribution is -2.42. The number of hydrogen-bond acceptors (Lipinski definition) is 3. The second-order valence-corrected chi connectivity index (χ2v) is 6.00. The number of nitrogens with zero attached hydrogens (tertiary/aromatic N) is 1. The molecule has 0 aromatic heterocycles. The van der Waals surface area contributed by atoms with Gasteiger partial charge in [-0.05, 0) is 49.5 Å². The number of nitrogens with one attached hydrogen (secondary N) is 1. The molecule has 1 atom stereocenters.